The van der Waals surface area contributed by atoms with Gasteiger partial charge in [0, 0.05) is 23.7 Å². The quantitative estimate of drug-likeness (QED) is 0.666. The summed E-state index contributed by atoms with van der Waals surface area (Å²) in [6.07, 6.45) is 7.40. The first-order valence-corrected chi connectivity index (χ1v) is 7.38. The zero-order chi connectivity index (χ0) is 15.0. The average Bonchev–Trinajstić information content (AvgIpc) is 2.41. The SMILES string of the molecule is CCCCCCCCC(N)c1c(F)cc(OC)cc1F. The molecule has 0 bridgehead atoms. The number of rotatable bonds is 9. The molecular formula is C16H25F2NO. The maximum absolute atomic E-state index is 13.8. The Morgan fingerprint density at radius 1 is 1.05 bits per heavy atom. The lowest BCUT2D eigenvalue weighted by molar-refractivity contribution is 0.402. The largest absolute Gasteiger partial charge is 0.497 e. The molecule has 0 aliphatic carbocycles. The van der Waals surface area contributed by atoms with E-state index in [1.807, 2.05) is 0 Å². The molecule has 0 radical (unpaired) electrons. The van der Waals surface area contributed by atoms with E-state index in [2.05, 4.69) is 6.92 Å². The third kappa shape index (κ3) is 5.08. The van der Waals surface area contributed by atoms with Gasteiger partial charge in [-0.2, -0.15) is 0 Å². The number of hydrogen-bond donors (Lipinski definition) is 1. The van der Waals surface area contributed by atoms with Gasteiger partial charge in [0.25, 0.3) is 0 Å². The Hall–Kier alpha value is -1.16. The van der Waals surface area contributed by atoms with Crippen LogP contribution >= 0.6 is 0 Å². The van der Waals surface area contributed by atoms with Crippen molar-refractivity contribution in [3.05, 3.63) is 29.3 Å². The minimum atomic E-state index is -0.625. The molecular weight excluding hydrogens is 260 g/mol. The number of methoxy groups -OCH3 is 1. The number of ether oxygens (including phenoxy) is 1. The van der Waals surface area contributed by atoms with Gasteiger partial charge in [-0.05, 0) is 6.42 Å². The van der Waals surface area contributed by atoms with E-state index in [9.17, 15) is 8.78 Å². The van der Waals surface area contributed by atoms with Crippen molar-refractivity contribution >= 4 is 0 Å². The van der Waals surface area contributed by atoms with Crippen LogP contribution in [0.3, 0.4) is 0 Å². The Morgan fingerprint density at radius 2 is 1.60 bits per heavy atom. The van der Waals surface area contributed by atoms with E-state index >= 15 is 0 Å². The fraction of sp³-hybridized carbons (Fsp3) is 0.625. The summed E-state index contributed by atoms with van der Waals surface area (Å²) in [5.74, 6) is -1.07. The molecule has 0 heterocycles. The van der Waals surface area contributed by atoms with Crippen molar-refractivity contribution in [2.24, 2.45) is 5.73 Å². The predicted octanol–water partition coefficient (Wildman–Crippen LogP) is 4.72. The second-order valence-corrected chi connectivity index (χ2v) is 5.17. The average molecular weight is 285 g/mol. The Labute approximate surface area is 120 Å². The minimum absolute atomic E-state index is 0.0284. The summed E-state index contributed by atoms with van der Waals surface area (Å²) < 4.78 is 32.5. The van der Waals surface area contributed by atoms with Crippen molar-refractivity contribution in [1.82, 2.24) is 0 Å². The smallest absolute Gasteiger partial charge is 0.134 e. The molecule has 4 heteroatoms. The Balaban J connectivity index is 2.49. The van der Waals surface area contributed by atoms with E-state index in [1.165, 1.54) is 38.5 Å². The topological polar surface area (TPSA) is 35.2 Å². The number of halogens is 2. The van der Waals surface area contributed by atoms with Gasteiger partial charge in [-0.15, -0.1) is 0 Å². The van der Waals surface area contributed by atoms with E-state index in [4.69, 9.17) is 10.5 Å². The van der Waals surface area contributed by atoms with Gasteiger partial charge in [0.1, 0.15) is 17.4 Å². The van der Waals surface area contributed by atoms with Crippen molar-refractivity contribution < 1.29 is 13.5 Å². The standard InChI is InChI=1S/C16H25F2NO/c1-3-4-5-6-7-8-9-15(19)16-13(17)10-12(20-2)11-14(16)18/h10-11,15H,3-9,19H2,1-2H3. The van der Waals surface area contributed by atoms with Gasteiger partial charge in [0.2, 0.25) is 0 Å². The zero-order valence-corrected chi connectivity index (χ0v) is 12.4. The van der Waals surface area contributed by atoms with Gasteiger partial charge < -0.3 is 10.5 Å². The van der Waals surface area contributed by atoms with Gasteiger partial charge >= 0.3 is 0 Å². The summed E-state index contributed by atoms with van der Waals surface area (Å²) in [5, 5.41) is 0. The minimum Gasteiger partial charge on any atom is -0.497 e. The van der Waals surface area contributed by atoms with Crippen molar-refractivity contribution in [1.29, 1.82) is 0 Å². The van der Waals surface area contributed by atoms with Crippen LogP contribution in [0.4, 0.5) is 8.78 Å². The second-order valence-electron chi connectivity index (χ2n) is 5.17. The molecule has 0 aromatic heterocycles. The molecule has 114 valence electrons. The summed E-state index contributed by atoms with van der Waals surface area (Å²) >= 11 is 0. The van der Waals surface area contributed by atoms with Crippen molar-refractivity contribution in [2.75, 3.05) is 7.11 Å². The summed E-state index contributed by atoms with van der Waals surface area (Å²) in [5.41, 5.74) is 5.88. The highest BCUT2D eigenvalue weighted by Gasteiger charge is 2.18. The first-order chi connectivity index (χ1) is 9.60. The molecule has 0 fully saturated rings. The van der Waals surface area contributed by atoms with Crippen LogP contribution in [0.1, 0.15) is 63.5 Å². The maximum Gasteiger partial charge on any atom is 0.134 e. The molecule has 0 amide bonds. The summed E-state index contributed by atoms with van der Waals surface area (Å²) in [4.78, 5) is 0. The molecule has 20 heavy (non-hydrogen) atoms. The molecule has 1 atom stereocenters. The number of benzene rings is 1. The molecule has 1 unspecified atom stereocenters. The molecule has 0 saturated carbocycles. The van der Waals surface area contributed by atoms with Crippen molar-refractivity contribution in [2.45, 2.75) is 57.9 Å². The molecule has 2 N–H and O–H groups in total. The zero-order valence-electron chi connectivity index (χ0n) is 12.4. The fourth-order valence-electron chi connectivity index (χ4n) is 2.32. The Morgan fingerprint density at radius 3 is 2.15 bits per heavy atom. The van der Waals surface area contributed by atoms with Crippen LogP contribution < -0.4 is 10.5 Å². The lowest BCUT2D eigenvalue weighted by Gasteiger charge is -2.15. The van der Waals surface area contributed by atoms with Crippen LogP contribution in [0.25, 0.3) is 0 Å². The lowest BCUT2D eigenvalue weighted by atomic mass is 9.99. The molecule has 2 nitrogen and oxygen atoms in total. The molecule has 0 aliphatic rings. The molecule has 1 aromatic rings. The molecule has 0 spiro atoms. The number of unbranched alkanes of at least 4 members (excludes halogenated alkanes) is 5. The first-order valence-electron chi connectivity index (χ1n) is 7.38. The predicted molar refractivity (Wildman–Crippen MR) is 77.8 cm³/mol. The molecule has 1 rings (SSSR count). The van der Waals surface area contributed by atoms with E-state index < -0.39 is 17.7 Å². The fourth-order valence-corrected chi connectivity index (χ4v) is 2.32. The first kappa shape index (κ1) is 16.9. The van der Waals surface area contributed by atoms with Gasteiger partial charge in [-0.1, -0.05) is 45.4 Å². The third-order valence-corrected chi connectivity index (χ3v) is 3.53. The highest BCUT2D eigenvalue weighted by molar-refractivity contribution is 5.32. The van der Waals surface area contributed by atoms with Gasteiger partial charge in [0.05, 0.1) is 7.11 Å². The highest BCUT2D eigenvalue weighted by Crippen LogP contribution is 2.27. The molecule has 0 saturated heterocycles. The van der Waals surface area contributed by atoms with Gasteiger partial charge in [-0.3, -0.25) is 0 Å². The van der Waals surface area contributed by atoms with E-state index in [-0.39, 0.29) is 11.3 Å². The molecule has 0 aliphatic heterocycles. The number of nitrogens with two attached hydrogens (primary N) is 1. The van der Waals surface area contributed by atoms with E-state index in [0.29, 0.717) is 6.42 Å². The van der Waals surface area contributed by atoms with Crippen LogP contribution in [0.15, 0.2) is 12.1 Å². The van der Waals surface area contributed by atoms with Crippen molar-refractivity contribution in [3.8, 4) is 5.75 Å². The maximum atomic E-state index is 13.8. The molecule has 1 aromatic carbocycles. The van der Waals surface area contributed by atoms with Gasteiger partial charge in [0.15, 0.2) is 0 Å². The van der Waals surface area contributed by atoms with Crippen LogP contribution in [-0.2, 0) is 0 Å². The summed E-state index contributed by atoms with van der Waals surface area (Å²) in [7, 11) is 1.38. The third-order valence-electron chi connectivity index (χ3n) is 3.53. The monoisotopic (exact) mass is 285 g/mol. The van der Waals surface area contributed by atoms with Crippen LogP contribution in [0.5, 0.6) is 5.75 Å². The normalized spacial score (nSPS) is 12.4. The highest BCUT2D eigenvalue weighted by atomic mass is 19.1. The Bertz CT molecular complexity index is 386. The lowest BCUT2D eigenvalue weighted by Crippen LogP contribution is -2.14. The van der Waals surface area contributed by atoms with Crippen LogP contribution in [0, 0.1) is 11.6 Å². The second kappa shape index (κ2) is 8.90. The van der Waals surface area contributed by atoms with Crippen molar-refractivity contribution in [3.63, 3.8) is 0 Å². The summed E-state index contributed by atoms with van der Waals surface area (Å²) in [6.45, 7) is 2.17. The van der Waals surface area contributed by atoms with Crippen LogP contribution in [-0.4, -0.2) is 7.11 Å². The van der Waals surface area contributed by atoms with E-state index in [1.54, 1.807) is 0 Å². The number of hydrogen-bond acceptors (Lipinski definition) is 2. The van der Waals surface area contributed by atoms with E-state index in [0.717, 1.165) is 19.3 Å². The summed E-state index contributed by atoms with van der Waals surface area (Å²) in [6, 6.07) is 1.77. The Kier molecular flexibility index (Phi) is 7.52. The van der Waals surface area contributed by atoms with Crippen LogP contribution in [0.2, 0.25) is 0 Å². The van der Waals surface area contributed by atoms with Gasteiger partial charge in [-0.25, -0.2) is 8.78 Å².